The van der Waals surface area contributed by atoms with E-state index < -0.39 is 0 Å². The van der Waals surface area contributed by atoms with Crippen molar-refractivity contribution in [2.75, 3.05) is 5.73 Å². The minimum atomic E-state index is 0.867. The minimum absolute atomic E-state index is 0.867. The van der Waals surface area contributed by atoms with E-state index in [9.17, 15) is 0 Å². The highest BCUT2D eigenvalue weighted by Crippen LogP contribution is 2.27. The first-order valence-corrected chi connectivity index (χ1v) is 5.46. The number of anilines is 1. The molecule has 1 aromatic heterocycles. The van der Waals surface area contributed by atoms with Crippen LogP contribution in [0.3, 0.4) is 0 Å². The van der Waals surface area contributed by atoms with E-state index in [0.717, 1.165) is 11.3 Å². The molecule has 0 fully saturated rings. The van der Waals surface area contributed by atoms with E-state index in [4.69, 9.17) is 5.73 Å². The number of rotatable bonds is 1. The largest absolute Gasteiger partial charge is 0.398 e. The van der Waals surface area contributed by atoms with Gasteiger partial charge in [0.15, 0.2) is 0 Å². The van der Waals surface area contributed by atoms with Crippen molar-refractivity contribution in [3.05, 3.63) is 40.1 Å². The van der Waals surface area contributed by atoms with Crippen LogP contribution in [0, 0.1) is 13.8 Å². The van der Waals surface area contributed by atoms with Crippen LogP contribution in [0.4, 0.5) is 5.69 Å². The molecule has 2 N–H and O–H groups in total. The molecule has 2 aromatic rings. The zero-order valence-electron chi connectivity index (χ0n) is 8.37. The second kappa shape index (κ2) is 3.46. The molecule has 72 valence electrons. The van der Waals surface area contributed by atoms with Gasteiger partial charge in [0, 0.05) is 10.6 Å². The molecule has 0 atom stereocenters. The van der Waals surface area contributed by atoms with Crippen LogP contribution in [0.5, 0.6) is 0 Å². The van der Waals surface area contributed by atoms with Crippen LogP contribution in [0.2, 0.25) is 0 Å². The molecule has 0 aliphatic carbocycles. The van der Waals surface area contributed by atoms with E-state index in [1.165, 1.54) is 16.0 Å². The Morgan fingerprint density at radius 2 is 1.86 bits per heavy atom. The lowest BCUT2D eigenvalue weighted by atomic mass is 10.1. The minimum Gasteiger partial charge on any atom is -0.398 e. The van der Waals surface area contributed by atoms with Gasteiger partial charge in [-0.05, 0) is 48.1 Å². The number of aryl methyl sites for hydroxylation is 2. The molecule has 0 spiro atoms. The van der Waals surface area contributed by atoms with Gasteiger partial charge in [0.2, 0.25) is 0 Å². The Balaban J connectivity index is 2.47. The van der Waals surface area contributed by atoms with E-state index in [-0.39, 0.29) is 0 Å². The maximum atomic E-state index is 5.87. The molecule has 1 nitrogen and oxygen atoms in total. The van der Waals surface area contributed by atoms with Gasteiger partial charge in [0.25, 0.3) is 0 Å². The van der Waals surface area contributed by atoms with Gasteiger partial charge in [0.05, 0.1) is 0 Å². The second-order valence-electron chi connectivity index (χ2n) is 3.52. The summed E-state index contributed by atoms with van der Waals surface area (Å²) in [5, 5.41) is 2.17. The number of thiophene rings is 1. The van der Waals surface area contributed by atoms with Crippen molar-refractivity contribution in [3.63, 3.8) is 0 Å². The van der Waals surface area contributed by atoms with Crippen molar-refractivity contribution in [2.24, 2.45) is 0 Å². The Morgan fingerprint density at radius 3 is 2.43 bits per heavy atom. The highest BCUT2D eigenvalue weighted by molar-refractivity contribution is 7.10. The molecular weight excluding hydrogens is 190 g/mol. The van der Waals surface area contributed by atoms with Crippen LogP contribution in [0.1, 0.15) is 10.4 Å². The first-order chi connectivity index (χ1) is 6.66. The van der Waals surface area contributed by atoms with Crippen molar-refractivity contribution < 1.29 is 0 Å². The third kappa shape index (κ3) is 1.66. The van der Waals surface area contributed by atoms with E-state index in [0.29, 0.717) is 0 Å². The topological polar surface area (TPSA) is 26.0 Å². The van der Waals surface area contributed by atoms with Crippen LogP contribution >= 0.6 is 11.3 Å². The number of hydrogen-bond acceptors (Lipinski definition) is 2. The molecule has 1 aromatic carbocycles. The summed E-state index contributed by atoms with van der Waals surface area (Å²) in [6, 6.07) is 8.41. The fourth-order valence-corrected chi connectivity index (χ4v) is 2.13. The van der Waals surface area contributed by atoms with Crippen LogP contribution in [-0.4, -0.2) is 0 Å². The Hall–Kier alpha value is -1.28. The van der Waals surface area contributed by atoms with Gasteiger partial charge in [-0.25, -0.2) is 0 Å². The molecule has 0 unspecified atom stereocenters. The summed E-state index contributed by atoms with van der Waals surface area (Å²) < 4.78 is 0. The lowest BCUT2D eigenvalue weighted by Gasteiger charge is -2.02. The number of hydrogen-bond donors (Lipinski definition) is 1. The van der Waals surface area contributed by atoms with Crippen LogP contribution in [0.25, 0.3) is 11.1 Å². The average molecular weight is 203 g/mol. The summed E-state index contributed by atoms with van der Waals surface area (Å²) in [7, 11) is 0. The molecule has 2 rings (SSSR count). The van der Waals surface area contributed by atoms with Gasteiger partial charge in [-0.15, -0.1) is 11.3 Å². The maximum Gasteiger partial charge on any atom is 0.0349 e. The van der Waals surface area contributed by atoms with Crippen LogP contribution < -0.4 is 5.73 Å². The molecule has 0 bridgehead atoms. The Kier molecular flexibility index (Phi) is 2.30. The lowest BCUT2D eigenvalue weighted by Crippen LogP contribution is -1.89. The predicted octanol–water partition coefficient (Wildman–Crippen LogP) is 3.61. The molecule has 14 heavy (non-hydrogen) atoms. The predicted molar refractivity (Wildman–Crippen MR) is 63.6 cm³/mol. The summed E-state index contributed by atoms with van der Waals surface area (Å²) in [6.45, 7) is 4.14. The molecule has 0 aliphatic heterocycles. The van der Waals surface area contributed by atoms with E-state index in [2.05, 4.69) is 30.5 Å². The van der Waals surface area contributed by atoms with Gasteiger partial charge >= 0.3 is 0 Å². The first kappa shape index (κ1) is 9.28. The Morgan fingerprint density at radius 1 is 1.07 bits per heavy atom. The Labute approximate surface area is 88.2 Å². The van der Waals surface area contributed by atoms with Crippen LogP contribution in [-0.2, 0) is 0 Å². The fourth-order valence-electron chi connectivity index (χ4n) is 1.41. The highest BCUT2D eigenvalue weighted by Gasteiger charge is 2.01. The summed E-state index contributed by atoms with van der Waals surface area (Å²) in [5.41, 5.74) is 10.3. The molecule has 0 aliphatic rings. The van der Waals surface area contributed by atoms with E-state index in [1.54, 1.807) is 11.3 Å². The summed E-state index contributed by atoms with van der Waals surface area (Å²) in [5.74, 6) is 0. The second-order valence-corrected chi connectivity index (χ2v) is 4.63. The van der Waals surface area contributed by atoms with Crippen molar-refractivity contribution in [2.45, 2.75) is 13.8 Å². The fraction of sp³-hybridized carbons (Fsp3) is 0.167. The normalized spacial score (nSPS) is 10.4. The van der Waals surface area contributed by atoms with E-state index >= 15 is 0 Å². The number of nitrogen functional groups attached to an aromatic ring is 1. The molecular formula is C12H13NS. The smallest absolute Gasteiger partial charge is 0.0349 e. The zero-order valence-corrected chi connectivity index (χ0v) is 9.19. The maximum absolute atomic E-state index is 5.87. The first-order valence-electron chi connectivity index (χ1n) is 4.58. The SMILES string of the molecule is Cc1cc(-c2ccc(C)c(N)c2)cs1. The molecule has 0 saturated heterocycles. The third-order valence-electron chi connectivity index (χ3n) is 2.34. The molecule has 0 radical (unpaired) electrons. The van der Waals surface area contributed by atoms with Gasteiger partial charge in [-0.1, -0.05) is 12.1 Å². The number of benzene rings is 1. The van der Waals surface area contributed by atoms with E-state index in [1.807, 2.05) is 13.0 Å². The van der Waals surface area contributed by atoms with Crippen molar-refractivity contribution in [1.82, 2.24) is 0 Å². The molecule has 1 heterocycles. The third-order valence-corrected chi connectivity index (χ3v) is 3.20. The monoisotopic (exact) mass is 203 g/mol. The van der Waals surface area contributed by atoms with Gasteiger partial charge < -0.3 is 5.73 Å². The molecule has 0 amide bonds. The zero-order chi connectivity index (χ0) is 10.1. The van der Waals surface area contributed by atoms with Gasteiger partial charge in [-0.3, -0.25) is 0 Å². The average Bonchev–Trinajstić information content (AvgIpc) is 2.57. The van der Waals surface area contributed by atoms with Crippen molar-refractivity contribution >= 4 is 17.0 Å². The van der Waals surface area contributed by atoms with Gasteiger partial charge in [-0.2, -0.15) is 0 Å². The number of nitrogens with two attached hydrogens (primary N) is 1. The molecule has 2 heteroatoms. The standard InChI is InChI=1S/C12H13NS/c1-8-3-4-10(6-12(8)13)11-5-9(2)14-7-11/h3-7H,13H2,1-2H3. The summed E-state index contributed by atoms with van der Waals surface area (Å²) in [4.78, 5) is 1.33. The Bertz CT molecular complexity index is 457. The van der Waals surface area contributed by atoms with Crippen molar-refractivity contribution in [3.8, 4) is 11.1 Å². The molecule has 0 saturated carbocycles. The van der Waals surface area contributed by atoms with Gasteiger partial charge in [0.1, 0.15) is 0 Å². The van der Waals surface area contributed by atoms with Crippen LogP contribution in [0.15, 0.2) is 29.6 Å². The summed E-state index contributed by atoms with van der Waals surface area (Å²) in [6.07, 6.45) is 0. The lowest BCUT2D eigenvalue weighted by molar-refractivity contribution is 1.47. The summed E-state index contributed by atoms with van der Waals surface area (Å²) >= 11 is 1.77. The quantitative estimate of drug-likeness (QED) is 0.704. The van der Waals surface area contributed by atoms with Crippen molar-refractivity contribution in [1.29, 1.82) is 0 Å². The highest BCUT2D eigenvalue weighted by atomic mass is 32.1.